The maximum absolute atomic E-state index is 4.33. The van der Waals surface area contributed by atoms with Gasteiger partial charge in [-0.15, -0.1) is 0 Å². The molecule has 0 radical (unpaired) electrons. The summed E-state index contributed by atoms with van der Waals surface area (Å²) in [5.74, 6) is 2.60. The third-order valence-electron chi connectivity index (χ3n) is 2.03. The molecule has 1 rings (SSSR count). The van der Waals surface area contributed by atoms with Crippen molar-refractivity contribution in [1.29, 1.82) is 0 Å². The van der Waals surface area contributed by atoms with Crippen LogP contribution < -0.4 is 10.6 Å². The average molecular weight is 208 g/mol. The SMILES string of the molecule is CCCCNc1cc(NCC)nc(C)n1. The average Bonchev–Trinajstić information content (AvgIpc) is 2.18. The van der Waals surface area contributed by atoms with Crippen molar-refractivity contribution in [3.63, 3.8) is 0 Å². The Bertz CT molecular complexity index is 299. The Labute approximate surface area is 91.5 Å². The second-order valence-corrected chi connectivity index (χ2v) is 3.50. The van der Waals surface area contributed by atoms with Crippen molar-refractivity contribution < 1.29 is 0 Å². The fourth-order valence-corrected chi connectivity index (χ4v) is 1.32. The van der Waals surface area contributed by atoms with Gasteiger partial charge >= 0.3 is 0 Å². The molecule has 1 aromatic heterocycles. The number of aryl methyl sites for hydroxylation is 1. The molecule has 0 aliphatic heterocycles. The van der Waals surface area contributed by atoms with Gasteiger partial charge in [-0.25, -0.2) is 9.97 Å². The van der Waals surface area contributed by atoms with Crippen LogP contribution in [0.4, 0.5) is 11.6 Å². The molecule has 0 saturated heterocycles. The first kappa shape index (κ1) is 11.8. The maximum Gasteiger partial charge on any atom is 0.131 e. The van der Waals surface area contributed by atoms with Crippen LogP contribution >= 0.6 is 0 Å². The molecule has 0 bridgehead atoms. The number of hydrogen-bond donors (Lipinski definition) is 2. The molecule has 0 aliphatic carbocycles. The molecule has 2 N–H and O–H groups in total. The number of anilines is 2. The fourth-order valence-electron chi connectivity index (χ4n) is 1.32. The molecule has 0 spiro atoms. The summed E-state index contributed by atoms with van der Waals surface area (Å²) in [6.45, 7) is 7.99. The van der Waals surface area contributed by atoms with Crippen LogP contribution in [0.3, 0.4) is 0 Å². The number of nitrogens with zero attached hydrogens (tertiary/aromatic N) is 2. The second kappa shape index (κ2) is 6.22. The number of unbranched alkanes of at least 4 members (excludes halogenated alkanes) is 1. The monoisotopic (exact) mass is 208 g/mol. The van der Waals surface area contributed by atoms with Gasteiger partial charge in [-0.2, -0.15) is 0 Å². The standard InChI is InChI=1S/C11H20N4/c1-4-6-7-13-11-8-10(12-5-2)14-9(3)15-11/h8H,4-7H2,1-3H3,(H2,12,13,14,15). The molecule has 0 aliphatic rings. The van der Waals surface area contributed by atoms with E-state index in [9.17, 15) is 0 Å². The minimum Gasteiger partial charge on any atom is -0.370 e. The third-order valence-corrected chi connectivity index (χ3v) is 2.03. The lowest BCUT2D eigenvalue weighted by Crippen LogP contribution is -2.07. The summed E-state index contributed by atoms with van der Waals surface area (Å²) in [5.41, 5.74) is 0. The summed E-state index contributed by atoms with van der Waals surface area (Å²) >= 11 is 0. The van der Waals surface area contributed by atoms with E-state index in [0.29, 0.717) is 0 Å². The zero-order chi connectivity index (χ0) is 11.1. The summed E-state index contributed by atoms with van der Waals surface area (Å²) in [6, 6.07) is 1.95. The van der Waals surface area contributed by atoms with E-state index in [1.807, 2.05) is 13.0 Å². The molecule has 0 aromatic carbocycles. The summed E-state index contributed by atoms with van der Waals surface area (Å²) in [7, 11) is 0. The number of aromatic nitrogens is 2. The van der Waals surface area contributed by atoms with Crippen LogP contribution in [0.5, 0.6) is 0 Å². The van der Waals surface area contributed by atoms with Gasteiger partial charge in [0.15, 0.2) is 0 Å². The van der Waals surface area contributed by atoms with Crippen LogP contribution in [0.25, 0.3) is 0 Å². The number of hydrogen-bond acceptors (Lipinski definition) is 4. The van der Waals surface area contributed by atoms with Crippen molar-refractivity contribution in [3.8, 4) is 0 Å². The Morgan fingerprint density at radius 2 is 1.80 bits per heavy atom. The van der Waals surface area contributed by atoms with Gasteiger partial charge in [-0.3, -0.25) is 0 Å². The van der Waals surface area contributed by atoms with E-state index in [2.05, 4.69) is 34.4 Å². The molecule has 1 heterocycles. The van der Waals surface area contributed by atoms with Gasteiger partial charge in [-0.05, 0) is 20.3 Å². The van der Waals surface area contributed by atoms with Gasteiger partial charge < -0.3 is 10.6 Å². The van der Waals surface area contributed by atoms with E-state index in [1.54, 1.807) is 0 Å². The molecular weight excluding hydrogens is 188 g/mol. The summed E-state index contributed by atoms with van der Waals surface area (Å²) < 4.78 is 0. The lowest BCUT2D eigenvalue weighted by atomic mass is 10.3. The van der Waals surface area contributed by atoms with Gasteiger partial charge in [0.25, 0.3) is 0 Å². The van der Waals surface area contributed by atoms with E-state index in [4.69, 9.17) is 0 Å². The van der Waals surface area contributed by atoms with E-state index in [1.165, 1.54) is 12.8 Å². The highest BCUT2D eigenvalue weighted by Crippen LogP contribution is 2.10. The fraction of sp³-hybridized carbons (Fsp3) is 0.636. The van der Waals surface area contributed by atoms with E-state index < -0.39 is 0 Å². The number of rotatable bonds is 6. The predicted molar refractivity (Wildman–Crippen MR) is 64.3 cm³/mol. The van der Waals surface area contributed by atoms with Gasteiger partial charge in [0.05, 0.1) is 0 Å². The van der Waals surface area contributed by atoms with Crippen LogP contribution in [0.2, 0.25) is 0 Å². The molecule has 15 heavy (non-hydrogen) atoms. The molecule has 4 heteroatoms. The van der Waals surface area contributed by atoms with Crippen molar-refractivity contribution in [1.82, 2.24) is 9.97 Å². The molecule has 0 amide bonds. The van der Waals surface area contributed by atoms with Crippen LogP contribution in [-0.4, -0.2) is 23.1 Å². The van der Waals surface area contributed by atoms with Crippen molar-refractivity contribution >= 4 is 11.6 Å². The van der Waals surface area contributed by atoms with Gasteiger partial charge in [0.1, 0.15) is 17.5 Å². The Morgan fingerprint density at radius 3 is 2.40 bits per heavy atom. The lowest BCUT2D eigenvalue weighted by molar-refractivity contribution is 0.829. The third kappa shape index (κ3) is 4.14. The summed E-state index contributed by atoms with van der Waals surface area (Å²) in [4.78, 5) is 8.62. The van der Waals surface area contributed by atoms with E-state index >= 15 is 0 Å². The Balaban J connectivity index is 2.62. The van der Waals surface area contributed by atoms with Gasteiger partial charge in [-0.1, -0.05) is 13.3 Å². The largest absolute Gasteiger partial charge is 0.370 e. The van der Waals surface area contributed by atoms with Crippen LogP contribution in [0, 0.1) is 6.92 Å². The topological polar surface area (TPSA) is 49.8 Å². The zero-order valence-corrected chi connectivity index (χ0v) is 9.80. The normalized spacial score (nSPS) is 10.1. The quantitative estimate of drug-likeness (QED) is 0.705. The first-order valence-electron chi connectivity index (χ1n) is 5.59. The Morgan fingerprint density at radius 1 is 1.13 bits per heavy atom. The van der Waals surface area contributed by atoms with Crippen LogP contribution in [0.15, 0.2) is 6.07 Å². The highest BCUT2D eigenvalue weighted by Gasteiger charge is 1.99. The molecule has 0 unspecified atom stereocenters. The lowest BCUT2D eigenvalue weighted by Gasteiger charge is -2.08. The molecule has 0 fully saturated rings. The first-order valence-corrected chi connectivity index (χ1v) is 5.59. The molecule has 0 saturated carbocycles. The molecule has 1 aromatic rings. The highest BCUT2D eigenvalue weighted by atomic mass is 15.1. The smallest absolute Gasteiger partial charge is 0.131 e. The number of nitrogens with one attached hydrogen (secondary N) is 2. The van der Waals surface area contributed by atoms with Gasteiger partial charge in [0, 0.05) is 19.2 Å². The summed E-state index contributed by atoms with van der Waals surface area (Å²) in [5, 5.41) is 6.48. The predicted octanol–water partition coefficient (Wildman–Crippen LogP) is 2.43. The van der Waals surface area contributed by atoms with Crippen LogP contribution in [0.1, 0.15) is 32.5 Å². The van der Waals surface area contributed by atoms with E-state index in [-0.39, 0.29) is 0 Å². The summed E-state index contributed by atoms with van der Waals surface area (Å²) in [6.07, 6.45) is 2.36. The minimum absolute atomic E-state index is 0.799. The van der Waals surface area contributed by atoms with E-state index in [0.717, 1.165) is 30.5 Å². The Kier molecular flexibility index (Phi) is 4.87. The molecule has 0 atom stereocenters. The zero-order valence-electron chi connectivity index (χ0n) is 9.80. The second-order valence-electron chi connectivity index (χ2n) is 3.50. The molecular formula is C11H20N4. The first-order chi connectivity index (χ1) is 7.26. The maximum atomic E-state index is 4.33. The van der Waals surface area contributed by atoms with Crippen molar-refractivity contribution in [2.75, 3.05) is 23.7 Å². The minimum atomic E-state index is 0.799. The highest BCUT2D eigenvalue weighted by molar-refractivity contribution is 5.47. The molecule has 4 nitrogen and oxygen atoms in total. The van der Waals surface area contributed by atoms with Crippen LogP contribution in [-0.2, 0) is 0 Å². The van der Waals surface area contributed by atoms with Gasteiger partial charge in [0.2, 0.25) is 0 Å². The Hall–Kier alpha value is -1.32. The molecule has 84 valence electrons. The van der Waals surface area contributed by atoms with Crippen molar-refractivity contribution in [2.45, 2.75) is 33.6 Å². The van der Waals surface area contributed by atoms with Crippen molar-refractivity contribution in [2.24, 2.45) is 0 Å². The van der Waals surface area contributed by atoms with Crippen molar-refractivity contribution in [3.05, 3.63) is 11.9 Å².